The summed E-state index contributed by atoms with van der Waals surface area (Å²) in [5, 5.41) is 2.43. The maximum Gasteiger partial charge on any atom is 0.229 e. The number of anilines is 1. The first-order valence-corrected chi connectivity index (χ1v) is 4.90. The van der Waals surface area contributed by atoms with Crippen LogP contribution in [0.25, 0.3) is 11.3 Å². The number of carbonyl (C=O) groups is 1. The van der Waals surface area contributed by atoms with E-state index in [4.69, 9.17) is 0 Å². The lowest BCUT2D eigenvalue weighted by molar-refractivity contribution is -0.105. The van der Waals surface area contributed by atoms with Gasteiger partial charge in [-0.25, -0.2) is 9.97 Å². The van der Waals surface area contributed by atoms with Gasteiger partial charge in [0.15, 0.2) is 0 Å². The van der Waals surface area contributed by atoms with Crippen molar-refractivity contribution in [3.8, 4) is 11.3 Å². The molecule has 0 saturated carbocycles. The van der Waals surface area contributed by atoms with E-state index in [1.165, 1.54) is 5.56 Å². The van der Waals surface area contributed by atoms with Crippen molar-refractivity contribution in [3.05, 3.63) is 42.1 Å². The van der Waals surface area contributed by atoms with Crippen molar-refractivity contribution in [1.82, 2.24) is 9.97 Å². The van der Waals surface area contributed by atoms with Gasteiger partial charge < -0.3 is 0 Å². The molecule has 1 heterocycles. The molecule has 1 aromatic heterocycles. The van der Waals surface area contributed by atoms with Gasteiger partial charge in [-0.3, -0.25) is 10.1 Å². The maximum atomic E-state index is 10.3. The SMILES string of the molecule is Cc1ccc(-c2ccnc(NC=O)n2)cc1. The van der Waals surface area contributed by atoms with Gasteiger partial charge >= 0.3 is 0 Å². The highest BCUT2D eigenvalue weighted by Gasteiger charge is 2.00. The molecule has 0 spiro atoms. The van der Waals surface area contributed by atoms with Gasteiger partial charge in [0.05, 0.1) is 5.69 Å². The fraction of sp³-hybridized carbons (Fsp3) is 0.0833. The Morgan fingerprint density at radius 2 is 1.94 bits per heavy atom. The van der Waals surface area contributed by atoms with Gasteiger partial charge in [-0.2, -0.15) is 0 Å². The predicted octanol–water partition coefficient (Wildman–Crippen LogP) is 2.02. The van der Waals surface area contributed by atoms with E-state index in [0.29, 0.717) is 12.4 Å². The molecule has 4 heteroatoms. The molecule has 4 nitrogen and oxygen atoms in total. The van der Waals surface area contributed by atoms with Gasteiger partial charge in [-0.05, 0) is 13.0 Å². The first kappa shape index (κ1) is 10.3. The molecule has 0 bridgehead atoms. The fourth-order valence-corrected chi connectivity index (χ4v) is 1.37. The minimum absolute atomic E-state index is 0.313. The van der Waals surface area contributed by atoms with Gasteiger partial charge in [0.1, 0.15) is 0 Å². The van der Waals surface area contributed by atoms with Crippen molar-refractivity contribution >= 4 is 12.4 Å². The van der Waals surface area contributed by atoms with Crippen LogP contribution < -0.4 is 5.32 Å². The van der Waals surface area contributed by atoms with Crippen molar-refractivity contribution in [1.29, 1.82) is 0 Å². The quantitative estimate of drug-likeness (QED) is 0.793. The highest BCUT2D eigenvalue weighted by atomic mass is 16.1. The number of nitrogens with one attached hydrogen (secondary N) is 1. The number of hydrogen-bond donors (Lipinski definition) is 1. The number of aromatic nitrogens is 2. The second-order valence-electron chi connectivity index (χ2n) is 3.39. The Morgan fingerprint density at radius 3 is 2.62 bits per heavy atom. The van der Waals surface area contributed by atoms with Crippen LogP contribution in [0.5, 0.6) is 0 Å². The largest absolute Gasteiger partial charge is 0.297 e. The molecular weight excluding hydrogens is 202 g/mol. The molecule has 0 fully saturated rings. The summed E-state index contributed by atoms with van der Waals surface area (Å²) in [6, 6.07) is 9.82. The average molecular weight is 213 g/mol. The number of carbonyl (C=O) groups excluding carboxylic acids is 1. The lowest BCUT2D eigenvalue weighted by atomic mass is 10.1. The molecule has 0 aliphatic heterocycles. The molecule has 0 atom stereocenters. The van der Waals surface area contributed by atoms with Crippen LogP contribution in [0.3, 0.4) is 0 Å². The van der Waals surface area contributed by atoms with Gasteiger partial charge in [0.25, 0.3) is 0 Å². The summed E-state index contributed by atoms with van der Waals surface area (Å²) in [5.74, 6) is 0.313. The van der Waals surface area contributed by atoms with Crippen molar-refractivity contribution in [3.63, 3.8) is 0 Å². The molecule has 1 aromatic carbocycles. The van der Waals surface area contributed by atoms with Gasteiger partial charge in [0, 0.05) is 11.8 Å². The zero-order valence-electron chi connectivity index (χ0n) is 8.84. The summed E-state index contributed by atoms with van der Waals surface area (Å²) in [4.78, 5) is 18.4. The molecule has 0 aliphatic carbocycles. The second kappa shape index (κ2) is 4.53. The third-order valence-electron chi connectivity index (χ3n) is 2.19. The number of amides is 1. The Balaban J connectivity index is 2.36. The molecule has 0 radical (unpaired) electrons. The van der Waals surface area contributed by atoms with Gasteiger partial charge in [-0.1, -0.05) is 29.8 Å². The van der Waals surface area contributed by atoms with E-state index in [1.807, 2.05) is 31.2 Å². The zero-order valence-corrected chi connectivity index (χ0v) is 8.84. The Morgan fingerprint density at radius 1 is 1.19 bits per heavy atom. The van der Waals surface area contributed by atoms with Crippen molar-refractivity contribution in [2.24, 2.45) is 0 Å². The predicted molar refractivity (Wildman–Crippen MR) is 61.9 cm³/mol. The van der Waals surface area contributed by atoms with Crippen LogP contribution in [0.15, 0.2) is 36.5 Å². The second-order valence-corrected chi connectivity index (χ2v) is 3.39. The average Bonchev–Trinajstić information content (AvgIpc) is 2.31. The first-order valence-electron chi connectivity index (χ1n) is 4.90. The summed E-state index contributed by atoms with van der Waals surface area (Å²) in [5.41, 5.74) is 2.99. The van der Waals surface area contributed by atoms with Crippen molar-refractivity contribution in [2.75, 3.05) is 5.32 Å². The molecule has 0 unspecified atom stereocenters. The minimum Gasteiger partial charge on any atom is -0.297 e. The normalized spacial score (nSPS) is 9.81. The van der Waals surface area contributed by atoms with Crippen LogP contribution >= 0.6 is 0 Å². The third kappa shape index (κ3) is 2.23. The van der Waals surface area contributed by atoms with Crippen LogP contribution in [-0.2, 0) is 4.79 Å². The molecule has 2 rings (SSSR count). The molecule has 1 N–H and O–H groups in total. The topological polar surface area (TPSA) is 54.9 Å². The molecule has 80 valence electrons. The minimum atomic E-state index is 0.313. The Labute approximate surface area is 93.4 Å². The monoisotopic (exact) mass is 213 g/mol. The summed E-state index contributed by atoms with van der Waals surface area (Å²) in [6.07, 6.45) is 2.18. The van der Waals surface area contributed by atoms with Crippen LogP contribution in [0.2, 0.25) is 0 Å². The third-order valence-corrected chi connectivity index (χ3v) is 2.19. The first-order chi connectivity index (χ1) is 7.79. The molecule has 2 aromatic rings. The van der Waals surface area contributed by atoms with Crippen molar-refractivity contribution in [2.45, 2.75) is 6.92 Å². The van der Waals surface area contributed by atoms with Crippen molar-refractivity contribution < 1.29 is 4.79 Å². The molecule has 0 saturated heterocycles. The summed E-state index contributed by atoms with van der Waals surface area (Å²) < 4.78 is 0. The molecule has 0 aliphatic rings. The highest BCUT2D eigenvalue weighted by molar-refractivity contribution is 5.68. The standard InChI is InChI=1S/C12H11N3O/c1-9-2-4-10(5-3-9)11-6-7-13-12(15-11)14-8-16/h2-8H,1H3,(H,13,14,15,16). The number of nitrogens with zero attached hydrogens (tertiary/aromatic N) is 2. The highest BCUT2D eigenvalue weighted by Crippen LogP contribution is 2.17. The van der Waals surface area contributed by atoms with Crippen LogP contribution in [0.4, 0.5) is 5.95 Å². The van der Waals surface area contributed by atoms with E-state index < -0.39 is 0 Å². The maximum absolute atomic E-state index is 10.3. The number of rotatable bonds is 3. The van der Waals surface area contributed by atoms with E-state index in [9.17, 15) is 4.79 Å². The van der Waals surface area contributed by atoms with E-state index in [2.05, 4.69) is 15.3 Å². The van der Waals surface area contributed by atoms with E-state index in [0.717, 1.165) is 11.3 Å². The van der Waals surface area contributed by atoms with E-state index in [-0.39, 0.29) is 0 Å². The van der Waals surface area contributed by atoms with Gasteiger partial charge in [0.2, 0.25) is 12.4 Å². The molecule has 16 heavy (non-hydrogen) atoms. The zero-order chi connectivity index (χ0) is 11.4. The van der Waals surface area contributed by atoms with Gasteiger partial charge in [-0.15, -0.1) is 0 Å². The van der Waals surface area contributed by atoms with E-state index >= 15 is 0 Å². The van der Waals surface area contributed by atoms with Crippen LogP contribution in [0.1, 0.15) is 5.56 Å². The number of aryl methyl sites for hydroxylation is 1. The smallest absolute Gasteiger partial charge is 0.229 e. The lowest BCUT2D eigenvalue weighted by Crippen LogP contribution is -2.00. The Bertz CT molecular complexity index is 494. The fourth-order valence-electron chi connectivity index (χ4n) is 1.37. The molecular formula is C12H11N3O. The number of hydrogen-bond acceptors (Lipinski definition) is 3. The number of benzene rings is 1. The Hall–Kier alpha value is -2.23. The lowest BCUT2D eigenvalue weighted by Gasteiger charge is -2.02. The van der Waals surface area contributed by atoms with Crippen LogP contribution in [-0.4, -0.2) is 16.4 Å². The summed E-state index contributed by atoms with van der Waals surface area (Å²) in [6.45, 7) is 2.03. The Kier molecular flexibility index (Phi) is 2.91. The van der Waals surface area contributed by atoms with Crippen LogP contribution in [0, 0.1) is 6.92 Å². The summed E-state index contributed by atoms with van der Waals surface area (Å²) in [7, 11) is 0. The molecule has 1 amide bonds. The summed E-state index contributed by atoms with van der Waals surface area (Å²) >= 11 is 0. The van der Waals surface area contributed by atoms with E-state index in [1.54, 1.807) is 12.3 Å².